The van der Waals surface area contributed by atoms with E-state index in [2.05, 4.69) is 41.2 Å². The number of hydrogen-bond donors (Lipinski definition) is 2. The molecule has 0 saturated carbocycles. The van der Waals surface area contributed by atoms with Crippen molar-refractivity contribution in [1.82, 2.24) is 14.5 Å². The highest BCUT2D eigenvalue weighted by atomic mass is 16.2. The molecule has 0 aliphatic carbocycles. The van der Waals surface area contributed by atoms with Crippen LogP contribution in [0.25, 0.3) is 11.0 Å². The number of anilines is 1. The number of rotatable bonds is 5. The van der Waals surface area contributed by atoms with Crippen molar-refractivity contribution in [2.45, 2.75) is 38.6 Å². The van der Waals surface area contributed by atoms with Crippen LogP contribution < -0.4 is 11.0 Å². The number of H-pyrrole nitrogens is 1. The van der Waals surface area contributed by atoms with Crippen LogP contribution in [-0.2, 0) is 4.79 Å². The first-order chi connectivity index (χ1) is 14.0. The highest BCUT2D eigenvalue weighted by molar-refractivity contribution is 5.92. The van der Waals surface area contributed by atoms with Gasteiger partial charge in [-0.3, -0.25) is 14.3 Å². The zero-order valence-corrected chi connectivity index (χ0v) is 17.0. The Morgan fingerprint density at radius 2 is 1.79 bits per heavy atom. The summed E-state index contributed by atoms with van der Waals surface area (Å²) in [5.41, 5.74) is 3.88. The Kier molecular flexibility index (Phi) is 5.53. The van der Waals surface area contributed by atoms with Gasteiger partial charge in [0, 0.05) is 24.8 Å². The summed E-state index contributed by atoms with van der Waals surface area (Å²) in [5, 5.41) is 2.99. The second-order valence-electron chi connectivity index (χ2n) is 8.15. The van der Waals surface area contributed by atoms with Crippen LogP contribution >= 0.6 is 0 Å². The molecule has 0 radical (unpaired) electrons. The molecule has 1 fully saturated rings. The minimum absolute atomic E-state index is 0.00464. The minimum atomic E-state index is -0.0489. The van der Waals surface area contributed by atoms with E-state index in [-0.39, 0.29) is 17.6 Å². The molecule has 2 N–H and O–H groups in total. The molecule has 3 aromatic rings. The number of benzene rings is 2. The van der Waals surface area contributed by atoms with Crippen LogP contribution in [0.4, 0.5) is 5.69 Å². The maximum atomic E-state index is 12.4. The Bertz CT molecular complexity index is 1040. The van der Waals surface area contributed by atoms with Gasteiger partial charge < -0.3 is 10.3 Å². The average Bonchev–Trinajstić information content (AvgIpc) is 3.04. The molecule has 1 saturated heterocycles. The first kappa shape index (κ1) is 19.5. The van der Waals surface area contributed by atoms with Crippen molar-refractivity contribution < 1.29 is 4.79 Å². The van der Waals surface area contributed by atoms with Crippen LogP contribution in [0.15, 0.2) is 53.3 Å². The monoisotopic (exact) mass is 392 g/mol. The lowest BCUT2D eigenvalue weighted by Gasteiger charge is -2.32. The number of piperidine rings is 1. The van der Waals surface area contributed by atoms with E-state index in [1.807, 2.05) is 41.0 Å². The van der Waals surface area contributed by atoms with Gasteiger partial charge in [0.2, 0.25) is 5.91 Å². The number of nitrogens with one attached hydrogen (secondary N) is 2. The van der Waals surface area contributed by atoms with Gasteiger partial charge in [-0.15, -0.1) is 0 Å². The lowest BCUT2D eigenvalue weighted by Crippen LogP contribution is -2.40. The molecule has 2 heterocycles. The molecule has 152 valence electrons. The van der Waals surface area contributed by atoms with Crippen molar-refractivity contribution in [2.75, 3.05) is 25.0 Å². The van der Waals surface area contributed by atoms with Gasteiger partial charge in [-0.2, -0.15) is 0 Å². The third-order valence-corrected chi connectivity index (χ3v) is 5.77. The van der Waals surface area contributed by atoms with Crippen molar-refractivity contribution in [3.8, 4) is 0 Å². The number of likely N-dealkylation sites (tertiary alicyclic amines) is 1. The Hall–Kier alpha value is -2.86. The van der Waals surface area contributed by atoms with Crippen LogP contribution in [0.1, 0.15) is 44.2 Å². The standard InChI is InChI=1S/C23H28N4O2/c1-16(2)17-7-9-18(10-8-17)24-22(28)15-26-13-11-19(12-14-26)27-21-6-4-3-5-20(21)25-23(27)29/h3-10,16,19H,11-15H2,1-2H3,(H,24,28)(H,25,29). The number of hydrogen-bond acceptors (Lipinski definition) is 3. The first-order valence-electron chi connectivity index (χ1n) is 10.3. The van der Waals surface area contributed by atoms with Gasteiger partial charge in [0.15, 0.2) is 0 Å². The van der Waals surface area contributed by atoms with Gasteiger partial charge in [-0.25, -0.2) is 4.79 Å². The molecule has 0 unspecified atom stereocenters. The predicted molar refractivity (Wildman–Crippen MR) is 116 cm³/mol. The number of carbonyl (C=O) groups is 1. The van der Waals surface area contributed by atoms with Gasteiger partial charge in [0.05, 0.1) is 17.6 Å². The third-order valence-electron chi connectivity index (χ3n) is 5.77. The molecule has 1 aromatic heterocycles. The summed E-state index contributed by atoms with van der Waals surface area (Å²) in [5.74, 6) is 0.482. The SMILES string of the molecule is CC(C)c1ccc(NC(=O)CN2CCC(n3c(=O)[nH]c4ccccc43)CC2)cc1. The average molecular weight is 393 g/mol. The molecule has 4 rings (SSSR count). The molecular formula is C23H28N4O2. The van der Waals surface area contributed by atoms with Crippen molar-refractivity contribution in [1.29, 1.82) is 0 Å². The summed E-state index contributed by atoms with van der Waals surface area (Å²) in [6, 6.07) is 16.0. The van der Waals surface area contributed by atoms with Crippen LogP contribution in [-0.4, -0.2) is 40.0 Å². The van der Waals surface area contributed by atoms with Gasteiger partial charge in [-0.05, 0) is 48.6 Å². The number of imidazole rings is 1. The zero-order valence-electron chi connectivity index (χ0n) is 17.0. The Labute approximate surface area is 170 Å². The van der Waals surface area contributed by atoms with Gasteiger partial charge in [0.1, 0.15) is 0 Å². The molecule has 6 heteroatoms. The van der Waals surface area contributed by atoms with E-state index in [0.717, 1.165) is 42.7 Å². The van der Waals surface area contributed by atoms with E-state index < -0.39 is 0 Å². The number of fused-ring (bicyclic) bond motifs is 1. The molecule has 0 bridgehead atoms. The molecule has 1 amide bonds. The molecule has 29 heavy (non-hydrogen) atoms. The maximum absolute atomic E-state index is 12.4. The van der Waals surface area contributed by atoms with Gasteiger partial charge in [0.25, 0.3) is 0 Å². The van der Waals surface area contributed by atoms with Gasteiger partial charge in [-0.1, -0.05) is 38.1 Å². The fourth-order valence-corrected chi connectivity index (χ4v) is 4.13. The summed E-state index contributed by atoms with van der Waals surface area (Å²) < 4.78 is 1.88. The molecule has 2 aromatic carbocycles. The van der Waals surface area contributed by atoms with Crippen molar-refractivity contribution in [2.24, 2.45) is 0 Å². The Balaban J connectivity index is 1.33. The topological polar surface area (TPSA) is 70.1 Å². The largest absolute Gasteiger partial charge is 0.326 e. The number of nitrogens with zero attached hydrogens (tertiary/aromatic N) is 2. The lowest BCUT2D eigenvalue weighted by atomic mass is 10.0. The highest BCUT2D eigenvalue weighted by Crippen LogP contribution is 2.25. The van der Waals surface area contributed by atoms with Crippen LogP contribution in [0, 0.1) is 0 Å². The number of carbonyl (C=O) groups excluding carboxylic acids is 1. The first-order valence-corrected chi connectivity index (χ1v) is 10.3. The van der Waals surface area contributed by atoms with Gasteiger partial charge >= 0.3 is 5.69 Å². The van der Waals surface area contributed by atoms with E-state index in [1.165, 1.54) is 5.56 Å². The summed E-state index contributed by atoms with van der Waals surface area (Å²) >= 11 is 0. The van der Waals surface area contributed by atoms with Crippen molar-refractivity contribution in [3.05, 3.63) is 64.6 Å². The Morgan fingerprint density at radius 3 is 2.48 bits per heavy atom. The number of aromatic nitrogens is 2. The molecule has 1 aliphatic rings. The quantitative estimate of drug-likeness (QED) is 0.695. The molecular weight excluding hydrogens is 364 g/mol. The van der Waals surface area contributed by atoms with Crippen molar-refractivity contribution in [3.63, 3.8) is 0 Å². The summed E-state index contributed by atoms with van der Waals surface area (Å²) in [4.78, 5) is 29.9. The predicted octanol–water partition coefficient (Wildman–Crippen LogP) is 3.73. The van der Waals surface area contributed by atoms with Crippen LogP contribution in [0.3, 0.4) is 0 Å². The Morgan fingerprint density at radius 1 is 1.10 bits per heavy atom. The highest BCUT2D eigenvalue weighted by Gasteiger charge is 2.24. The molecule has 0 atom stereocenters. The molecule has 6 nitrogen and oxygen atoms in total. The van der Waals surface area contributed by atoms with E-state index in [9.17, 15) is 9.59 Å². The summed E-state index contributed by atoms with van der Waals surface area (Å²) in [6.45, 7) is 6.29. The van der Waals surface area contributed by atoms with Crippen LogP contribution in [0.5, 0.6) is 0 Å². The summed E-state index contributed by atoms with van der Waals surface area (Å²) in [7, 11) is 0. The van der Waals surface area contributed by atoms with Crippen LogP contribution in [0.2, 0.25) is 0 Å². The molecule has 0 spiro atoms. The fraction of sp³-hybridized carbons (Fsp3) is 0.391. The third kappa shape index (κ3) is 4.27. The van der Waals surface area contributed by atoms with E-state index in [1.54, 1.807) is 0 Å². The zero-order chi connectivity index (χ0) is 20.4. The smallest absolute Gasteiger partial charge is 0.325 e. The number of amides is 1. The van der Waals surface area contributed by atoms with E-state index in [4.69, 9.17) is 0 Å². The lowest BCUT2D eigenvalue weighted by molar-refractivity contribution is -0.117. The normalized spacial score (nSPS) is 15.8. The summed E-state index contributed by atoms with van der Waals surface area (Å²) in [6.07, 6.45) is 1.72. The fourth-order valence-electron chi connectivity index (χ4n) is 4.13. The second kappa shape index (κ2) is 8.25. The number of aromatic amines is 1. The molecule has 1 aliphatic heterocycles. The minimum Gasteiger partial charge on any atom is -0.325 e. The second-order valence-corrected chi connectivity index (χ2v) is 8.15. The van der Waals surface area contributed by atoms with Crippen molar-refractivity contribution >= 4 is 22.6 Å². The van der Waals surface area contributed by atoms with E-state index >= 15 is 0 Å². The maximum Gasteiger partial charge on any atom is 0.326 e. The number of para-hydroxylation sites is 2. The van der Waals surface area contributed by atoms with E-state index in [0.29, 0.717) is 12.5 Å².